The molecule has 0 radical (unpaired) electrons. The van der Waals surface area contributed by atoms with Gasteiger partial charge in [0.25, 0.3) is 0 Å². The Morgan fingerprint density at radius 3 is 0.957 bits per heavy atom. The SMILES string of the molecule is CC/C=C\C/C=C\C/C=C\C/C=C\C/C=C\CCCC(=O)OC(COC(=O)CCCCCCC/C=C\CCCCC)COC(=O)CCCCCCCCCCCCCCCCCCCCCCCCC. The van der Waals surface area contributed by atoms with Crippen LogP contribution < -0.4 is 0 Å². The standard InChI is InChI=1S/C64H112O6/c1-4-7-10-13-16-19-22-25-27-29-30-31-32-33-34-36-37-39-42-45-48-51-54-57-63(66)69-60-61(59-68-62(65)56-53-50-47-44-41-24-21-18-15-12-9-6-3)70-64(67)58-55-52-49-46-43-40-38-35-28-26-23-20-17-14-11-8-5-2/h8,11,17-18,20-21,26,28,38,40,46,49,61H,4-7,9-10,12-16,19,22-25,27,29-37,39,41-45,47-48,50-60H2,1-3H3/b11-8-,20-17-,21-18-,28-26-,40-38-,49-46-. The van der Waals surface area contributed by atoms with Gasteiger partial charge in [-0.3, -0.25) is 14.4 Å². The molecule has 0 aromatic rings. The molecule has 0 saturated heterocycles. The van der Waals surface area contributed by atoms with Crippen LogP contribution in [0.4, 0.5) is 0 Å². The number of hydrogen-bond donors (Lipinski definition) is 0. The molecule has 6 heteroatoms. The first-order valence-corrected chi connectivity index (χ1v) is 29.9. The van der Waals surface area contributed by atoms with Crippen LogP contribution in [0.25, 0.3) is 0 Å². The van der Waals surface area contributed by atoms with Gasteiger partial charge in [0, 0.05) is 19.3 Å². The fraction of sp³-hybridized carbons (Fsp3) is 0.766. The van der Waals surface area contributed by atoms with Crippen molar-refractivity contribution in [1.29, 1.82) is 0 Å². The summed E-state index contributed by atoms with van der Waals surface area (Å²) in [5.74, 6) is -0.956. The minimum atomic E-state index is -0.807. The summed E-state index contributed by atoms with van der Waals surface area (Å²) in [7, 11) is 0. The van der Waals surface area contributed by atoms with Crippen molar-refractivity contribution >= 4 is 17.9 Å². The molecule has 0 bridgehead atoms. The van der Waals surface area contributed by atoms with Gasteiger partial charge >= 0.3 is 17.9 Å². The van der Waals surface area contributed by atoms with Crippen molar-refractivity contribution in [3.63, 3.8) is 0 Å². The molecule has 0 spiro atoms. The minimum Gasteiger partial charge on any atom is -0.462 e. The summed E-state index contributed by atoms with van der Waals surface area (Å²) >= 11 is 0. The van der Waals surface area contributed by atoms with E-state index in [1.54, 1.807) is 0 Å². The van der Waals surface area contributed by atoms with E-state index in [-0.39, 0.29) is 37.5 Å². The van der Waals surface area contributed by atoms with Gasteiger partial charge in [0.05, 0.1) is 0 Å². The molecule has 0 saturated carbocycles. The second kappa shape index (κ2) is 58.4. The molecule has 6 nitrogen and oxygen atoms in total. The van der Waals surface area contributed by atoms with Crippen molar-refractivity contribution in [3.05, 3.63) is 72.9 Å². The molecule has 0 aliphatic carbocycles. The molecule has 0 heterocycles. The third kappa shape index (κ3) is 55.8. The van der Waals surface area contributed by atoms with Crippen molar-refractivity contribution < 1.29 is 28.6 Å². The van der Waals surface area contributed by atoms with Crippen LogP contribution >= 0.6 is 0 Å². The fourth-order valence-corrected chi connectivity index (χ4v) is 8.47. The average molecular weight is 978 g/mol. The first kappa shape index (κ1) is 66.9. The van der Waals surface area contributed by atoms with E-state index < -0.39 is 6.10 Å². The second-order valence-corrected chi connectivity index (χ2v) is 19.9. The van der Waals surface area contributed by atoms with E-state index in [1.807, 2.05) is 0 Å². The predicted octanol–water partition coefficient (Wildman–Crippen LogP) is 20.2. The Morgan fingerprint density at radius 2 is 0.571 bits per heavy atom. The van der Waals surface area contributed by atoms with Crippen LogP contribution in [-0.2, 0) is 28.6 Å². The molecule has 70 heavy (non-hydrogen) atoms. The molecule has 0 fully saturated rings. The maximum Gasteiger partial charge on any atom is 0.306 e. The highest BCUT2D eigenvalue weighted by atomic mass is 16.6. The number of carbonyl (C=O) groups is 3. The Morgan fingerprint density at radius 1 is 0.300 bits per heavy atom. The Bertz CT molecular complexity index is 1310. The van der Waals surface area contributed by atoms with Crippen molar-refractivity contribution in [3.8, 4) is 0 Å². The summed E-state index contributed by atoms with van der Waals surface area (Å²) in [6.45, 7) is 6.48. The second-order valence-electron chi connectivity index (χ2n) is 19.9. The van der Waals surface area contributed by atoms with Crippen LogP contribution in [0.3, 0.4) is 0 Å². The van der Waals surface area contributed by atoms with Gasteiger partial charge in [-0.1, -0.05) is 267 Å². The lowest BCUT2D eigenvalue weighted by molar-refractivity contribution is -0.167. The van der Waals surface area contributed by atoms with Crippen LogP contribution in [-0.4, -0.2) is 37.2 Å². The summed E-state index contributed by atoms with van der Waals surface area (Å²) in [5, 5.41) is 0. The predicted molar refractivity (Wildman–Crippen MR) is 302 cm³/mol. The molecule has 0 aromatic heterocycles. The van der Waals surface area contributed by atoms with Crippen molar-refractivity contribution in [2.24, 2.45) is 0 Å². The summed E-state index contributed by atoms with van der Waals surface area (Å²) < 4.78 is 16.8. The summed E-state index contributed by atoms with van der Waals surface area (Å²) in [6.07, 6.45) is 74.9. The lowest BCUT2D eigenvalue weighted by Gasteiger charge is -2.18. The van der Waals surface area contributed by atoms with E-state index in [0.717, 1.165) is 83.5 Å². The first-order chi connectivity index (χ1) is 34.5. The van der Waals surface area contributed by atoms with Gasteiger partial charge in [0.1, 0.15) is 13.2 Å². The quantitative estimate of drug-likeness (QED) is 0.0261. The van der Waals surface area contributed by atoms with Crippen LogP contribution in [0.5, 0.6) is 0 Å². The van der Waals surface area contributed by atoms with Crippen molar-refractivity contribution in [2.75, 3.05) is 13.2 Å². The van der Waals surface area contributed by atoms with Gasteiger partial charge in [0.15, 0.2) is 6.10 Å². The Balaban J connectivity index is 4.34. The zero-order chi connectivity index (χ0) is 50.7. The summed E-state index contributed by atoms with van der Waals surface area (Å²) in [6, 6.07) is 0. The van der Waals surface area contributed by atoms with Crippen LogP contribution in [0.15, 0.2) is 72.9 Å². The number of unbranched alkanes of at least 4 members (excludes halogenated alkanes) is 31. The number of esters is 3. The van der Waals surface area contributed by atoms with E-state index in [0.29, 0.717) is 19.3 Å². The third-order valence-corrected chi connectivity index (χ3v) is 12.9. The van der Waals surface area contributed by atoms with Crippen LogP contribution in [0.1, 0.15) is 297 Å². The van der Waals surface area contributed by atoms with Gasteiger partial charge in [-0.25, -0.2) is 0 Å². The molecule has 0 rings (SSSR count). The largest absolute Gasteiger partial charge is 0.462 e. The molecule has 0 amide bonds. The monoisotopic (exact) mass is 977 g/mol. The van der Waals surface area contributed by atoms with Gasteiger partial charge in [-0.2, -0.15) is 0 Å². The van der Waals surface area contributed by atoms with Crippen LogP contribution in [0.2, 0.25) is 0 Å². The number of carbonyl (C=O) groups excluding carboxylic acids is 3. The summed E-state index contributed by atoms with van der Waals surface area (Å²) in [4.78, 5) is 38.1. The lowest BCUT2D eigenvalue weighted by Crippen LogP contribution is -2.30. The average Bonchev–Trinajstić information content (AvgIpc) is 3.36. The molecule has 0 aromatic carbocycles. The number of ether oxygens (including phenoxy) is 3. The molecular weight excluding hydrogens is 865 g/mol. The maximum absolute atomic E-state index is 12.8. The van der Waals surface area contributed by atoms with E-state index >= 15 is 0 Å². The van der Waals surface area contributed by atoms with Gasteiger partial charge in [-0.15, -0.1) is 0 Å². The summed E-state index contributed by atoms with van der Waals surface area (Å²) in [5.41, 5.74) is 0. The molecule has 0 aliphatic rings. The fourth-order valence-electron chi connectivity index (χ4n) is 8.47. The van der Waals surface area contributed by atoms with E-state index in [2.05, 4.69) is 93.7 Å². The van der Waals surface area contributed by atoms with Gasteiger partial charge < -0.3 is 14.2 Å². The third-order valence-electron chi connectivity index (χ3n) is 12.9. The maximum atomic E-state index is 12.8. The molecule has 1 atom stereocenters. The van der Waals surface area contributed by atoms with E-state index in [9.17, 15) is 14.4 Å². The van der Waals surface area contributed by atoms with E-state index in [4.69, 9.17) is 14.2 Å². The molecule has 404 valence electrons. The zero-order valence-electron chi connectivity index (χ0n) is 46.3. The Kier molecular flexibility index (Phi) is 55.8. The first-order valence-electron chi connectivity index (χ1n) is 29.9. The molecular formula is C64H112O6. The lowest BCUT2D eigenvalue weighted by atomic mass is 10.0. The molecule has 0 aliphatic heterocycles. The zero-order valence-corrected chi connectivity index (χ0v) is 46.3. The van der Waals surface area contributed by atoms with Crippen molar-refractivity contribution in [2.45, 2.75) is 303 Å². The highest BCUT2D eigenvalue weighted by Gasteiger charge is 2.19. The normalized spacial score (nSPS) is 12.6. The Hall–Kier alpha value is -3.15. The number of hydrogen-bond acceptors (Lipinski definition) is 6. The smallest absolute Gasteiger partial charge is 0.306 e. The highest BCUT2D eigenvalue weighted by molar-refractivity contribution is 5.71. The highest BCUT2D eigenvalue weighted by Crippen LogP contribution is 2.17. The van der Waals surface area contributed by atoms with Gasteiger partial charge in [0.2, 0.25) is 0 Å². The molecule has 1 unspecified atom stereocenters. The Labute approximate surface area is 433 Å². The van der Waals surface area contributed by atoms with Crippen LogP contribution in [0, 0.1) is 0 Å². The minimum absolute atomic E-state index is 0.0982. The molecule has 0 N–H and O–H groups in total. The van der Waals surface area contributed by atoms with E-state index in [1.165, 1.54) is 167 Å². The number of rotatable bonds is 54. The topological polar surface area (TPSA) is 78.9 Å². The van der Waals surface area contributed by atoms with Crippen molar-refractivity contribution in [1.82, 2.24) is 0 Å². The number of allylic oxidation sites excluding steroid dienone is 12. The van der Waals surface area contributed by atoms with Gasteiger partial charge in [-0.05, 0) is 83.5 Å².